The van der Waals surface area contributed by atoms with Crippen molar-refractivity contribution in [3.63, 3.8) is 0 Å². The van der Waals surface area contributed by atoms with Gasteiger partial charge >= 0.3 is 0 Å². The minimum atomic E-state index is 0.144. The highest BCUT2D eigenvalue weighted by Crippen LogP contribution is 2.21. The van der Waals surface area contributed by atoms with Gasteiger partial charge in [-0.1, -0.05) is 18.5 Å². The van der Waals surface area contributed by atoms with E-state index in [9.17, 15) is 0 Å². The highest BCUT2D eigenvalue weighted by molar-refractivity contribution is 6.32. The molecule has 0 spiro atoms. The summed E-state index contributed by atoms with van der Waals surface area (Å²) in [6.07, 6.45) is 2.32. The lowest BCUT2D eigenvalue weighted by Gasteiger charge is -2.03. The Hall–Kier alpha value is -0.540. The van der Waals surface area contributed by atoms with Crippen molar-refractivity contribution in [1.82, 2.24) is 9.97 Å². The first-order chi connectivity index (χ1) is 5.74. The number of halogens is 2. The molecule has 0 aliphatic carbocycles. The lowest BCUT2D eigenvalue weighted by molar-refractivity contribution is 0.305. The van der Waals surface area contributed by atoms with Gasteiger partial charge in [0.2, 0.25) is 11.2 Å². The summed E-state index contributed by atoms with van der Waals surface area (Å²) in [4.78, 5) is 7.50. The molecular weight excluding hydrogens is 199 g/mol. The van der Waals surface area contributed by atoms with E-state index >= 15 is 0 Å². The normalized spacial score (nSPS) is 9.92. The van der Waals surface area contributed by atoms with Gasteiger partial charge in [-0.15, -0.1) is 0 Å². The Morgan fingerprint density at radius 1 is 1.50 bits per heavy atom. The Morgan fingerprint density at radius 2 is 2.25 bits per heavy atom. The van der Waals surface area contributed by atoms with Gasteiger partial charge in [-0.25, -0.2) is 4.98 Å². The van der Waals surface area contributed by atoms with Gasteiger partial charge in [-0.2, -0.15) is 4.98 Å². The molecule has 0 amide bonds. The third-order valence-corrected chi connectivity index (χ3v) is 1.57. The van der Waals surface area contributed by atoms with E-state index in [1.165, 1.54) is 6.20 Å². The summed E-state index contributed by atoms with van der Waals surface area (Å²) in [5.74, 6) is 0.346. The molecule has 1 heterocycles. The minimum absolute atomic E-state index is 0.144. The summed E-state index contributed by atoms with van der Waals surface area (Å²) in [7, 11) is 0. The molecule has 0 bridgehead atoms. The number of nitrogens with zero attached hydrogens (tertiary/aromatic N) is 2. The third kappa shape index (κ3) is 2.50. The lowest BCUT2D eigenvalue weighted by Crippen LogP contribution is -1.98. The number of rotatable bonds is 3. The zero-order valence-electron chi connectivity index (χ0n) is 6.55. The topological polar surface area (TPSA) is 35.0 Å². The Morgan fingerprint density at radius 3 is 2.92 bits per heavy atom. The van der Waals surface area contributed by atoms with Crippen LogP contribution in [-0.2, 0) is 0 Å². The Balaban J connectivity index is 2.75. The fraction of sp³-hybridized carbons (Fsp3) is 0.429. The van der Waals surface area contributed by atoms with Crippen LogP contribution in [0, 0.1) is 0 Å². The Labute approximate surface area is 80.7 Å². The molecule has 0 saturated carbocycles. The van der Waals surface area contributed by atoms with E-state index in [2.05, 4.69) is 9.97 Å². The quantitative estimate of drug-likeness (QED) is 0.714. The average Bonchev–Trinajstić information content (AvgIpc) is 2.07. The molecule has 3 nitrogen and oxygen atoms in total. The van der Waals surface area contributed by atoms with E-state index < -0.39 is 0 Å². The average molecular weight is 207 g/mol. The minimum Gasteiger partial charge on any atom is -0.477 e. The number of hydrogen-bond donors (Lipinski definition) is 0. The van der Waals surface area contributed by atoms with Crippen molar-refractivity contribution in [3.8, 4) is 5.88 Å². The van der Waals surface area contributed by atoms with Crippen LogP contribution in [0.4, 0.5) is 0 Å². The Kier molecular flexibility index (Phi) is 3.56. The van der Waals surface area contributed by atoms with Gasteiger partial charge < -0.3 is 4.74 Å². The second kappa shape index (κ2) is 4.48. The summed E-state index contributed by atoms with van der Waals surface area (Å²) >= 11 is 11.3. The molecule has 1 aromatic rings. The van der Waals surface area contributed by atoms with E-state index in [0.717, 1.165) is 6.42 Å². The standard InChI is InChI=1S/C7H8Cl2N2O/c1-2-3-12-6-5(8)4-10-7(9)11-6/h4H,2-3H2,1H3. The second-order valence-electron chi connectivity index (χ2n) is 2.14. The molecule has 12 heavy (non-hydrogen) atoms. The van der Waals surface area contributed by atoms with E-state index in [4.69, 9.17) is 27.9 Å². The summed E-state index contributed by atoms with van der Waals surface area (Å²) in [6.45, 7) is 2.57. The molecule has 66 valence electrons. The van der Waals surface area contributed by atoms with Crippen LogP contribution in [0.15, 0.2) is 6.20 Å². The van der Waals surface area contributed by atoms with E-state index in [1.807, 2.05) is 6.92 Å². The fourth-order valence-corrected chi connectivity index (χ4v) is 0.902. The van der Waals surface area contributed by atoms with Crippen LogP contribution in [0.3, 0.4) is 0 Å². The van der Waals surface area contributed by atoms with Crippen molar-refractivity contribution in [3.05, 3.63) is 16.5 Å². The van der Waals surface area contributed by atoms with Crippen molar-refractivity contribution in [2.45, 2.75) is 13.3 Å². The number of ether oxygens (including phenoxy) is 1. The molecule has 5 heteroatoms. The molecule has 0 N–H and O–H groups in total. The van der Waals surface area contributed by atoms with Gasteiger partial charge in [-0.05, 0) is 18.0 Å². The van der Waals surface area contributed by atoms with Gasteiger partial charge in [0.05, 0.1) is 12.8 Å². The van der Waals surface area contributed by atoms with Crippen LogP contribution < -0.4 is 4.74 Å². The molecule has 0 saturated heterocycles. The van der Waals surface area contributed by atoms with Gasteiger partial charge in [0, 0.05) is 0 Å². The third-order valence-electron chi connectivity index (χ3n) is 1.13. The zero-order valence-corrected chi connectivity index (χ0v) is 8.06. The highest BCUT2D eigenvalue weighted by atomic mass is 35.5. The maximum Gasteiger partial charge on any atom is 0.237 e. The molecule has 0 fully saturated rings. The first-order valence-corrected chi connectivity index (χ1v) is 4.30. The van der Waals surface area contributed by atoms with Crippen molar-refractivity contribution in [1.29, 1.82) is 0 Å². The summed E-state index contributed by atoms with van der Waals surface area (Å²) in [5.41, 5.74) is 0. The van der Waals surface area contributed by atoms with Crippen molar-refractivity contribution < 1.29 is 4.74 Å². The Bertz CT molecular complexity index is 268. The van der Waals surface area contributed by atoms with Gasteiger partial charge in [-0.3, -0.25) is 0 Å². The van der Waals surface area contributed by atoms with Crippen LogP contribution in [0.25, 0.3) is 0 Å². The highest BCUT2D eigenvalue weighted by Gasteiger charge is 2.03. The maximum atomic E-state index is 5.72. The van der Waals surface area contributed by atoms with Crippen LogP contribution in [0.1, 0.15) is 13.3 Å². The van der Waals surface area contributed by atoms with Crippen LogP contribution in [-0.4, -0.2) is 16.6 Å². The second-order valence-corrected chi connectivity index (χ2v) is 2.89. The molecular formula is C7H8Cl2N2O. The molecule has 0 aliphatic heterocycles. The monoisotopic (exact) mass is 206 g/mol. The van der Waals surface area contributed by atoms with Gasteiger partial charge in [0.1, 0.15) is 5.02 Å². The lowest BCUT2D eigenvalue weighted by atomic mass is 10.5. The largest absolute Gasteiger partial charge is 0.477 e. The van der Waals surface area contributed by atoms with Crippen molar-refractivity contribution in [2.75, 3.05) is 6.61 Å². The summed E-state index contributed by atoms with van der Waals surface area (Å²) in [6, 6.07) is 0. The summed E-state index contributed by atoms with van der Waals surface area (Å²) in [5, 5.41) is 0.526. The SMILES string of the molecule is CCCOc1nc(Cl)ncc1Cl. The van der Waals surface area contributed by atoms with Gasteiger partial charge in [0.25, 0.3) is 0 Å². The molecule has 0 atom stereocenters. The summed E-state index contributed by atoms with van der Waals surface area (Å²) < 4.78 is 5.20. The zero-order chi connectivity index (χ0) is 8.97. The van der Waals surface area contributed by atoms with Crippen molar-refractivity contribution >= 4 is 23.2 Å². The molecule has 1 rings (SSSR count). The predicted octanol–water partition coefficient (Wildman–Crippen LogP) is 2.57. The van der Waals surface area contributed by atoms with Crippen LogP contribution >= 0.6 is 23.2 Å². The molecule has 0 aliphatic rings. The smallest absolute Gasteiger partial charge is 0.237 e. The fourth-order valence-electron chi connectivity index (χ4n) is 0.631. The van der Waals surface area contributed by atoms with Gasteiger partial charge in [0.15, 0.2) is 0 Å². The molecule has 1 aromatic heterocycles. The molecule has 0 aromatic carbocycles. The first-order valence-electron chi connectivity index (χ1n) is 3.55. The van der Waals surface area contributed by atoms with E-state index in [1.54, 1.807) is 0 Å². The van der Waals surface area contributed by atoms with Crippen LogP contribution in [0.2, 0.25) is 10.3 Å². The van der Waals surface area contributed by atoms with Crippen LogP contribution in [0.5, 0.6) is 5.88 Å². The number of aromatic nitrogens is 2. The van der Waals surface area contributed by atoms with E-state index in [-0.39, 0.29) is 5.28 Å². The molecule has 0 unspecified atom stereocenters. The van der Waals surface area contributed by atoms with E-state index in [0.29, 0.717) is 17.5 Å². The maximum absolute atomic E-state index is 5.72. The number of hydrogen-bond acceptors (Lipinski definition) is 3. The predicted molar refractivity (Wildman–Crippen MR) is 47.8 cm³/mol. The first kappa shape index (κ1) is 9.55. The van der Waals surface area contributed by atoms with Crippen molar-refractivity contribution in [2.24, 2.45) is 0 Å². The molecule has 0 radical (unpaired) electrons.